The smallest absolute Gasteiger partial charge is 0.0166 e. The van der Waals surface area contributed by atoms with Crippen molar-refractivity contribution < 1.29 is 0 Å². The predicted octanol–water partition coefficient (Wildman–Crippen LogP) is 2.77. The average molecular weight is 224 g/mol. The van der Waals surface area contributed by atoms with E-state index in [0.29, 0.717) is 5.41 Å². The minimum atomic E-state index is 0.172. The maximum Gasteiger partial charge on any atom is 0.0166 e. The third kappa shape index (κ3) is 3.21. The molecule has 1 saturated heterocycles. The van der Waals surface area contributed by atoms with Gasteiger partial charge in [0.25, 0.3) is 0 Å². The first kappa shape index (κ1) is 12.4. The highest BCUT2D eigenvalue weighted by Gasteiger charge is 2.32. The van der Waals surface area contributed by atoms with E-state index in [1.807, 2.05) is 0 Å². The molecule has 2 nitrogen and oxygen atoms in total. The molecule has 0 atom stereocenters. The van der Waals surface area contributed by atoms with Crippen LogP contribution in [0.3, 0.4) is 0 Å². The largest absolute Gasteiger partial charge is 0.325 e. The maximum absolute atomic E-state index is 6.48. The van der Waals surface area contributed by atoms with Crippen LogP contribution in [-0.4, -0.2) is 30.1 Å². The van der Waals surface area contributed by atoms with Gasteiger partial charge in [0.15, 0.2) is 0 Å². The van der Waals surface area contributed by atoms with E-state index in [-0.39, 0.29) is 5.54 Å². The Morgan fingerprint density at radius 2 is 1.75 bits per heavy atom. The second kappa shape index (κ2) is 4.66. The fraction of sp³-hybridized carbons (Fsp3) is 1.00. The second-order valence-corrected chi connectivity index (χ2v) is 6.86. The molecule has 0 aromatic heterocycles. The summed E-state index contributed by atoms with van der Waals surface area (Å²) >= 11 is 0. The van der Waals surface area contributed by atoms with Gasteiger partial charge in [0.1, 0.15) is 0 Å². The maximum atomic E-state index is 6.48. The lowest BCUT2D eigenvalue weighted by atomic mass is 9.80. The third-order valence-electron chi connectivity index (χ3n) is 4.53. The molecule has 94 valence electrons. The topological polar surface area (TPSA) is 29.3 Å². The Hall–Kier alpha value is -0.0800. The molecule has 1 aliphatic heterocycles. The third-order valence-corrected chi connectivity index (χ3v) is 4.53. The highest BCUT2D eigenvalue weighted by atomic mass is 15.2. The van der Waals surface area contributed by atoms with Crippen LogP contribution < -0.4 is 5.73 Å². The molecule has 2 aliphatic rings. The van der Waals surface area contributed by atoms with E-state index in [9.17, 15) is 0 Å². The summed E-state index contributed by atoms with van der Waals surface area (Å²) in [4.78, 5) is 2.61. The molecule has 2 rings (SSSR count). The normalized spacial score (nSPS) is 29.4. The first-order valence-electron chi connectivity index (χ1n) is 7.01. The van der Waals surface area contributed by atoms with E-state index in [1.54, 1.807) is 0 Å². The highest BCUT2D eigenvalue weighted by molar-refractivity contribution is 4.90. The summed E-state index contributed by atoms with van der Waals surface area (Å²) in [6, 6.07) is 0. The molecule has 2 fully saturated rings. The summed E-state index contributed by atoms with van der Waals surface area (Å²) in [7, 11) is 0. The van der Waals surface area contributed by atoms with Crippen LogP contribution in [0.4, 0.5) is 0 Å². The van der Waals surface area contributed by atoms with Gasteiger partial charge in [0.2, 0.25) is 0 Å². The van der Waals surface area contributed by atoms with Crippen molar-refractivity contribution in [3.8, 4) is 0 Å². The Kier molecular flexibility index (Phi) is 3.60. The van der Waals surface area contributed by atoms with Crippen molar-refractivity contribution >= 4 is 0 Å². The molecule has 0 aromatic rings. The van der Waals surface area contributed by atoms with E-state index >= 15 is 0 Å². The summed E-state index contributed by atoms with van der Waals surface area (Å²) in [6.45, 7) is 8.53. The summed E-state index contributed by atoms with van der Waals surface area (Å²) in [6.07, 6.45) is 9.17. The van der Waals surface area contributed by atoms with E-state index in [1.165, 1.54) is 64.6 Å². The van der Waals surface area contributed by atoms with Crippen molar-refractivity contribution in [3.63, 3.8) is 0 Å². The molecule has 0 radical (unpaired) electrons. The Morgan fingerprint density at radius 3 is 2.31 bits per heavy atom. The van der Waals surface area contributed by atoms with Gasteiger partial charge in [-0.3, -0.25) is 0 Å². The molecule has 1 saturated carbocycles. The Balaban J connectivity index is 1.75. The molecule has 1 aliphatic carbocycles. The molecule has 0 bridgehead atoms. The summed E-state index contributed by atoms with van der Waals surface area (Å²) in [5.41, 5.74) is 7.19. The first-order valence-corrected chi connectivity index (χ1v) is 7.01. The molecule has 0 spiro atoms. The van der Waals surface area contributed by atoms with Gasteiger partial charge in [-0.05, 0) is 44.2 Å². The number of hydrogen-bond acceptors (Lipinski definition) is 2. The van der Waals surface area contributed by atoms with Crippen molar-refractivity contribution in [1.29, 1.82) is 0 Å². The van der Waals surface area contributed by atoms with Crippen molar-refractivity contribution in [1.82, 2.24) is 4.90 Å². The molecule has 16 heavy (non-hydrogen) atoms. The number of rotatable bonds is 3. The van der Waals surface area contributed by atoms with Crippen LogP contribution in [-0.2, 0) is 0 Å². The molecule has 2 heteroatoms. The summed E-state index contributed by atoms with van der Waals surface area (Å²) < 4.78 is 0. The van der Waals surface area contributed by atoms with E-state index < -0.39 is 0 Å². The van der Waals surface area contributed by atoms with Crippen LogP contribution in [0.5, 0.6) is 0 Å². The fourth-order valence-electron chi connectivity index (χ4n) is 3.30. The standard InChI is InChI=1S/C14H28N2/c1-13(2)8-10-16(12-13)11-9-14(15)6-4-3-5-7-14/h3-12,15H2,1-2H3. The molecule has 0 aromatic carbocycles. The zero-order chi connectivity index (χ0) is 11.6. The molecular formula is C14H28N2. The SMILES string of the molecule is CC1(C)CCN(CCC2(N)CCCCC2)C1. The Bertz CT molecular complexity index is 229. The first-order chi connectivity index (χ1) is 7.49. The summed E-state index contributed by atoms with van der Waals surface area (Å²) in [5, 5.41) is 0. The van der Waals surface area contributed by atoms with E-state index in [2.05, 4.69) is 18.7 Å². The van der Waals surface area contributed by atoms with Gasteiger partial charge in [-0.2, -0.15) is 0 Å². The van der Waals surface area contributed by atoms with Crippen LogP contribution in [0.15, 0.2) is 0 Å². The van der Waals surface area contributed by atoms with Crippen molar-refractivity contribution in [2.75, 3.05) is 19.6 Å². The van der Waals surface area contributed by atoms with Crippen molar-refractivity contribution in [2.24, 2.45) is 11.1 Å². The minimum Gasteiger partial charge on any atom is -0.325 e. The van der Waals surface area contributed by atoms with Crippen LogP contribution in [0, 0.1) is 5.41 Å². The molecule has 2 N–H and O–H groups in total. The lowest BCUT2D eigenvalue weighted by Gasteiger charge is -2.35. The van der Waals surface area contributed by atoms with Gasteiger partial charge < -0.3 is 10.6 Å². The van der Waals surface area contributed by atoms with E-state index in [4.69, 9.17) is 5.73 Å². The Morgan fingerprint density at radius 1 is 1.06 bits per heavy atom. The molecular weight excluding hydrogens is 196 g/mol. The van der Waals surface area contributed by atoms with Gasteiger partial charge in [0.05, 0.1) is 0 Å². The van der Waals surface area contributed by atoms with Crippen molar-refractivity contribution in [2.45, 2.75) is 64.3 Å². The zero-order valence-electron chi connectivity index (χ0n) is 11.1. The van der Waals surface area contributed by atoms with E-state index in [0.717, 1.165) is 0 Å². The lowest BCUT2D eigenvalue weighted by Crippen LogP contribution is -2.44. The van der Waals surface area contributed by atoms with Crippen LogP contribution in [0.1, 0.15) is 58.8 Å². The van der Waals surface area contributed by atoms with Gasteiger partial charge in [-0.1, -0.05) is 33.1 Å². The number of hydrogen-bond donors (Lipinski definition) is 1. The van der Waals surface area contributed by atoms with Gasteiger partial charge in [-0.15, -0.1) is 0 Å². The zero-order valence-corrected chi connectivity index (χ0v) is 11.1. The average Bonchev–Trinajstić information content (AvgIpc) is 2.57. The molecule has 0 amide bonds. The predicted molar refractivity (Wildman–Crippen MR) is 69.5 cm³/mol. The second-order valence-electron chi connectivity index (χ2n) is 6.86. The quantitative estimate of drug-likeness (QED) is 0.798. The lowest BCUT2D eigenvalue weighted by molar-refractivity contribution is 0.219. The van der Waals surface area contributed by atoms with Crippen LogP contribution in [0.25, 0.3) is 0 Å². The minimum absolute atomic E-state index is 0.172. The highest BCUT2D eigenvalue weighted by Crippen LogP contribution is 2.32. The number of likely N-dealkylation sites (tertiary alicyclic amines) is 1. The van der Waals surface area contributed by atoms with Gasteiger partial charge >= 0.3 is 0 Å². The Labute approximate surface area is 101 Å². The van der Waals surface area contributed by atoms with Gasteiger partial charge in [-0.25, -0.2) is 0 Å². The molecule has 0 unspecified atom stereocenters. The van der Waals surface area contributed by atoms with Crippen LogP contribution >= 0.6 is 0 Å². The fourth-order valence-corrected chi connectivity index (χ4v) is 3.30. The monoisotopic (exact) mass is 224 g/mol. The molecule has 1 heterocycles. The number of nitrogens with two attached hydrogens (primary N) is 1. The number of nitrogens with zero attached hydrogens (tertiary/aromatic N) is 1. The van der Waals surface area contributed by atoms with Gasteiger partial charge in [0, 0.05) is 12.1 Å². The summed E-state index contributed by atoms with van der Waals surface area (Å²) in [5.74, 6) is 0. The van der Waals surface area contributed by atoms with Crippen molar-refractivity contribution in [3.05, 3.63) is 0 Å². The van der Waals surface area contributed by atoms with Crippen LogP contribution in [0.2, 0.25) is 0 Å².